The van der Waals surface area contributed by atoms with Gasteiger partial charge >= 0.3 is 0 Å². The van der Waals surface area contributed by atoms with Crippen LogP contribution in [0.1, 0.15) is 25.8 Å². The fourth-order valence-electron chi connectivity index (χ4n) is 2.11. The van der Waals surface area contributed by atoms with Crippen molar-refractivity contribution in [1.82, 2.24) is 5.32 Å². The molecule has 0 radical (unpaired) electrons. The molecule has 114 valence electrons. The van der Waals surface area contributed by atoms with Crippen LogP contribution in [0.2, 0.25) is 5.02 Å². The van der Waals surface area contributed by atoms with Crippen molar-refractivity contribution in [3.8, 4) is 0 Å². The maximum atomic E-state index is 11.9. The molecule has 0 aliphatic carbocycles. The van der Waals surface area contributed by atoms with Crippen LogP contribution in [-0.4, -0.2) is 33.0 Å². The summed E-state index contributed by atoms with van der Waals surface area (Å²) in [6.45, 7) is 4.26. The minimum Gasteiger partial charge on any atom is -0.319 e. The van der Waals surface area contributed by atoms with E-state index in [0.29, 0.717) is 6.42 Å². The maximum absolute atomic E-state index is 11.9. The summed E-state index contributed by atoms with van der Waals surface area (Å²) in [6, 6.07) is 7.74. The number of halogens is 1. The molecule has 1 unspecified atom stereocenters. The molecule has 0 saturated carbocycles. The van der Waals surface area contributed by atoms with Crippen LogP contribution in [0.3, 0.4) is 0 Å². The molecule has 1 aromatic carbocycles. The van der Waals surface area contributed by atoms with E-state index in [-0.39, 0.29) is 16.9 Å². The van der Waals surface area contributed by atoms with Crippen LogP contribution in [0.25, 0.3) is 0 Å². The van der Waals surface area contributed by atoms with E-state index in [4.69, 9.17) is 11.6 Å². The molecule has 1 N–H and O–H groups in total. The van der Waals surface area contributed by atoms with Crippen LogP contribution in [0, 0.1) is 5.92 Å². The van der Waals surface area contributed by atoms with Crippen molar-refractivity contribution in [3.63, 3.8) is 0 Å². The number of hydrogen-bond donors (Lipinski definition) is 1. The molecule has 0 fully saturated rings. The van der Waals surface area contributed by atoms with Gasteiger partial charge in [-0.15, -0.1) is 0 Å². The minimum absolute atomic E-state index is 0.238. The van der Waals surface area contributed by atoms with Crippen molar-refractivity contribution < 1.29 is 8.42 Å². The standard InChI is InChI=1S/C15H24ClNO2S/c1-12(2)20(18,19)9-8-13(11-17-3)10-14-6-4-5-7-15(14)16/h4-7,12-13,17H,8-11H2,1-3H3. The monoisotopic (exact) mass is 317 g/mol. The Labute approximate surface area is 127 Å². The molecule has 0 amide bonds. The van der Waals surface area contributed by atoms with Gasteiger partial charge < -0.3 is 5.32 Å². The van der Waals surface area contributed by atoms with Gasteiger partial charge in [-0.3, -0.25) is 0 Å². The first-order valence-corrected chi connectivity index (χ1v) is 9.05. The summed E-state index contributed by atoms with van der Waals surface area (Å²) < 4.78 is 23.8. The van der Waals surface area contributed by atoms with Crippen LogP contribution in [0.15, 0.2) is 24.3 Å². The average Bonchev–Trinajstić information content (AvgIpc) is 2.38. The van der Waals surface area contributed by atoms with Gasteiger partial charge in [-0.2, -0.15) is 0 Å². The van der Waals surface area contributed by atoms with E-state index in [9.17, 15) is 8.42 Å². The lowest BCUT2D eigenvalue weighted by Gasteiger charge is -2.18. The predicted octanol–water partition coefficient (Wildman–Crippen LogP) is 2.93. The lowest BCUT2D eigenvalue weighted by atomic mass is 9.97. The van der Waals surface area contributed by atoms with Gasteiger partial charge in [0, 0.05) is 5.02 Å². The molecular formula is C15H24ClNO2S. The normalized spacial score (nSPS) is 13.7. The van der Waals surface area contributed by atoms with E-state index < -0.39 is 9.84 Å². The van der Waals surface area contributed by atoms with Crippen molar-refractivity contribution in [1.29, 1.82) is 0 Å². The van der Waals surface area contributed by atoms with Crippen LogP contribution in [0.4, 0.5) is 0 Å². The van der Waals surface area contributed by atoms with Gasteiger partial charge in [0.25, 0.3) is 0 Å². The smallest absolute Gasteiger partial charge is 0.152 e. The van der Waals surface area contributed by atoms with Gasteiger partial charge in [-0.1, -0.05) is 29.8 Å². The van der Waals surface area contributed by atoms with Gasteiger partial charge in [0.1, 0.15) is 0 Å². The van der Waals surface area contributed by atoms with Crippen molar-refractivity contribution in [2.24, 2.45) is 5.92 Å². The Hall–Kier alpha value is -0.580. The molecule has 0 aromatic heterocycles. The molecule has 0 spiro atoms. The van der Waals surface area contributed by atoms with Crippen molar-refractivity contribution in [2.45, 2.75) is 31.9 Å². The Balaban J connectivity index is 2.68. The Morgan fingerprint density at radius 1 is 1.25 bits per heavy atom. The summed E-state index contributed by atoms with van der Waals surface area (Å²) >= 11 is 6.17. The summed E-state index contributed by atoms with van der Waals surface area (Å²) in [5, 5.41) is 3.58. The summed E-state index contributed by atoms with van der Waals surface area (Å²) in [5.41, 5.74) is 1.08. The molecule has 0 bridgehead atoms. The molecule has 0 aliphatic heterocycles. The number of nitrogens with one attached hydrogen (secondary N) is 1. The maximum Gasteiger partial charge on any atom is 0.152 e. The van der Waals surface area contributed by atoms with E-state index in [2.05, 4.69) is 5.32 Å². The van der Waals surface area contributed by atoms with Gasteiger partial charge in [0.15, 0.2) is 9.84 Å². The van der Waals surface area contributed by atoms with Crippen molar-refractivity contribution in [2.75, 3.05) is 19.3 Å². The van der Waals surface area contributed by atoms with Crippen LogP contribution < -0.4 is 5.32 Å². The van der Waals surface area contributed by atoms with Crippen LogP contribution in [0.5, 0.6) is 0 Å². The van der Waals surface area contributed by atoms with E-state index in [1.54, 1.807) is 13.8 Å². The quantitative estimate of drug-likeness (QED) is 0.802. The molecule has 0 heterocycles. The second-order valence-corrected chi connectivity index (χ2v) is 8.51. The third-order valence-corrected chi connectivity index (χ3v) is 6.10. The van der Waals surface area contributed by atoms with E-state index in [0.717, 1.165) is 23.6 Å². The third-order valence-electron chi connectivity index (χ3n) is 3.49. The fourth-order valence-corrected chi connectivity index (χ4v) is 3.45. The highest BCUT2D eigenvalue weighted by molar-refractivity contribution is 7.91. The Bertz CT molecular complexity index is 514. The molecule has 1 atom stereocenters. The second-order valence-electron chi connectivity index (χ2n) is 5.42. The zero-order valence-electron chi connectivity index (χ0n) is 12.4. The van der Waals surface area contributed by atoms with Gasteiger partial charge in [0.2, 0.25) is 0 Å². The summed E-state index contributed by atoms with van der Waals surface area (Å²) in [7, 11) is -1.09. The third kappa shape index (κ3) is 5.43. The Morgan fingerprint density at radius 2 is 1.90 bits per heavy atom. The van der Waals surface area contributed by atoms with E-state index >= 15 is 0 Å². The lowest BCUT2D eigenvalue weighted by Crippen LogP contribution is -2.26. The molecule has 0 saturated heterocycles. The highest BCUT2D eigenvalue weighted by atomic mass is 35.5. The zero-order valence-corrected chi connectivity index (χ0v) is 14.0. The van der Waals surface area contributed by atoms with Gasteiger partial charge in [-0.25, -0.2) is 8.42 Å². The molecule has 1 rings (SSSR count). The van der Waals surface area contributed by atoms with E-state index in [1.165, 1.54) is 0 Å². The van der Waals surface area contributed by atoms with E-state index in [1.807, 2.05) is 31.3 Å². The SMILES string of the molecule is CNCC(CCS(=O)(=O)C(C)C)Cc1ccccc1Cl. The highest BCUT2D eigenvalue weighted by Gasteiger charge is 2.19. The molecular weight excluding hydrogens is 294 g/mol. The summed E-state index contributed by atoms with van der Waals surface area (Å²) in [6.07, 6.45) is 1.46. The van der Waals surface area contributed by atoms with Crippen molar-refractivity contribution >= 4 is 21.4 Å². The molecule has 0 aliphatic rings. The first-order valence-electron chi connectivity index (χ1n) is 6.96. The number of benzene rings is 1. The fraction of sp³-hybridized carbons (Fsp3) is 0.600. The second kappa shape index (κ2) is 8.01. The zero-order chi connectivity index (χ0) is 15.2. The minimum atomic E-state index is -2.97. The molecule has 3 nitrogen and oxygen atoms in total. The Morgan fingerprint density at radius 3 is 2.45 bits per heavy atom. The largest absolute Gasteiger partial charge is 0.319 e. The first kappa shape index (κ1) is 17.5. The van der Waals surface area contributed by atoms with Gasteiger partial charge in [0.05, 0.1) is 11.0 Å². The van der Waals surface area contributed by atoms with Crippen LogP contribution in [-0.2, 0) is 16.3 Å². The Kier molecular flexibility index (Phi) is 7.00. The number of sulfone groups is 1. The molecule has 20 heavy (non-hydrogen) atoms. The average molecular weight is 318 g/mol. The summed E-state index contributed by atoms with van der Waals surface area (Å²) in [4.78, 5) is 0. The molecule has 5 heteroatoms. The molecule has 1 aromatic rings. The predicted molar refractivity (Wildman–Crippen MR) is 86.1 cm³/mol. The van der Waals surface area contributed by atoms with Gasteiger partial charge in [-0.05, 0) is 57.8 Å². The topological polar surface area (TPSA) is 46.2 Å². The highest BCUT2D eigenvalue weighted by Crippen LogP contribution is 2.21. The first-order chi connectivity index (χ1) is 9.36. The lowest BCUT2D eigenvalue weighted by molar-refractivity contribution is 0.477. The number of hydrogen-bond acceptors (Lipinski definition) is 3. The number of rotatable bonds is 8. The van der Waals surface area contributed by atoms with Crippen LogP contribution >= 0.6 is 11.6 Å². The van der Waals surface area contributed by atoms with Crippen molar-refractivity contribution in [3.05, 3.63) is 34.9 Å². The summed E-state index contributed by atoms with van der Waals surface area (Å²) in [5.74, 6) is 0.509.